The normalized spacial score (nSPS) is 10.9. The van der Waals surface area contributed by atoms with Crippen LogP contribution in [0, 0.1) is 0 Å². The summed E-state index contributed by atoms with van der Waals surface area (Å²) in [4.78, 5) is 0. The zero-order valence-electron chi connectivity index (χ0n) is 14.0. The molecule has 0 spiro atoms. The predicted molar refractivity (Wildman–Crippen MR) is 106 cm³/mol. The van der Waals surface area contributed by atoms with E-state index in [-0.39, 0.29) is 6.29 Å². The highest BCUT2D eigenvalue weighted by molar-refractivity contribution is 7.54. The number of hydrogen-bond acceptors (Lipinski definition) is 6. The summed E-state index contributed by atoms with van der Waals surface area (Å²) in [6.07, 6.45) is -0.0559. The molecular weight excluding hydrogens is 349 g/mol. The van der Waals surface area contributed by atoms with Gasteiger partial charge in [0.2, 0.25) is 0 Å². The second-order valence-electron chi connectivity index (χ2n) is 5.64. The van der Waals surface area contributed by atoms with E-state index in [1.807, 2.05) is 12.1 Å². The molecule has 26 heavy (non-hydrogen) atoms. The van der Waals surface area contributed by atoms with Crippen molar-refractivity contribution in [3.8, 4) is 11.5 Å². The predicted octanol–water partition coefficient (Wildman–Crippen LogP) is 4.57. The van der Waals surface area contributed by atoms with Crippen LogP contribution in [0.25, 0.3) is 0 Å². The molecule has 0 aliphatic heterocycles. The Hall–Kier alpha value is -3.11. The minimum atomic E-state index is -3.55. The van der Waals surface area contributed by atoms with Crippen molar-refractivity contribution in [2.75, 3.05) is 23.1 Å². The van der Waals surface area contributed by atoms with Crippen LogP contribution in [0.4, 0.5) is 17.1 Å². The molecular formula is C19H20N3O3P. The van der Waals surface area contributed by atoms with Crippen LogP contribution >= 0.6 is 7.60 Å². The molecule has 0 saturated carbocycles. The summed E-state index contributed by atoms with van der Waals surface area (Å²) in [6.45, 7) is 0. The van der Waals surface area contributed by atoms with Gasteiger partial charge in [-0.05, 0) is 42.5 Å². The Balaban J connectivity index is 1.81. The van der Waals surface area contributed by atoms with E-state index < -0.39 is 7.60 Å². The van der Waals surface area contributed by atoms with E-state index in [1.54, 1.807) is 66.7 Å². The minimum absolute atomic E-state index is 0.0559. The molecule has 0 amide bonds. The van der Waals surface area contributed by atoms with Gasteiger partial charge >= 0.3 is 7.60 Å². The molecule has 134 valence electrons. The summed E-state index contributed by atoms with van der Waals surface area (Å²) < 4.78 is 24.7. The Morgan fingerprint density at radius 3 is 1.69 bits per heavy atom. The third-order valence-corrected chi connectivity index (χ3v) is 4.95. The molecule has 0 unspecified atom stereocenters. The van der Waals surface area contributed by atoms with Gasteiger partial charge in [0.25, 0.3) is 0 Å². The second kappa shape index (κ2) is 7.85. The van der Waals surface area contributed by atoms with Crippen LogP contribution < -0.4 is 25.8 Å². The van der Waals surface area contributed by atoms with Gasteiger partial charge < -0.3 is 25.8 Å². The van der Waals surface area contributed by atoms with Gasteiger partial charge in [0.1, 0.15) is 17.8 Å². The molecule has 0 aliphatic carbocycles. The summed E-state index contributed by atoms with van der Waals surface area (Å²) in [7, 11) is -3.55. The number of nitrogens with one attached hydrogen (secondary N) is 1. The quantitative estimate of drug-likeness (QED) is 0.417. The van der Waals surface area contributed by atoms with Gasteiger partial charge in [-0.15, -0.1) is 0 Å². The van der Waals surface area contributed by atoms with E-state index in [1.165, 1.54) is 0 Å². The first-order valence-electron chi connectivity index (χ1n) is 8.01. The van der Waals surface area contributed by atoms with Crippen molar-refractivity contribution in [2.24, 2.45) is 0 Å². The molecule has 7 heteroatoms. The summed E-state index contributed by atoms with van der Waals surface area (Å²) >= 11 is 0. The maximum Gasteiger partial charge on any atom is 0.449 e. The monoisotopic (exact) mass is 369 g/mol. The zero-order valence-corrected chi connectivity index (χ0v) is 14.9. The van der Waals surface area contributed by atoms with Gasteiger partial charge in [-0.2, -0.15) is 0 Å². The van der Waals surface area contributed by atoms with Crippen LogP contribution in [0.3, 0.4) is 0 Å². The van der Waals surface area contributed by atoms with E-state index in [9.17, 15) is 4.57 Å². The van der Waals surface area contributed by atoms with Crippen molar-refractivity contribution in [2.45, 2.75) is 0 Å². The van der Waals surface area contributed by atoms with Crippen molar-refractivity contribution < 1.29 is 13.6 Å². The lowest BCUT2D eigenvalue weighted by Crippen LogP contribution is -2.12. The average molecular weight is 369 g/mol. The van der Waals surface area contributed by atoms with Crippen molar-refractivity contribution in [3.63, 3.8) is 0 Å². The number of anilines is 3. The van der Waals surface area contributed by atoms with Crippen molar-refractivity contribution >= 4 is 24.7 Å². The maximum absolute atomic E-state index is 13.3. The van der Waals surface area contributed by atoms with Gasteiger partial charge in [0.05, 0.1) is 0 Å². The number of nitrogen functional groups attached to an aromatic ring is 2. The highest BCUT2D eigenvalue weighted by atomic mass is 31.2. The smallest absolute Gasteiger partial charge is 0.415 e. The lowest BCUT2D eigenvalue weighted by atomic mass is 10.2. The Kier molecular flexibility index (Phi) is 5.34. The van der Waals surface area contributed by atoms with Gasteiger partial charge in [-0.3, -0.25) is 0 Å². The Morgan fingerprint density at radius 2 is 1.23 bits per heavy atom. The highest BCUT2D eigenvalue weighted by Crippen LogP contribution is 2.48. The van der Waals surface area contributed by atoms with Gasteiger partial charge in [0, 0.05) is 17.1 Å². The van der Waals surface area contributed by atoms with Crippen molar-refractivity contribution in [1.29, 1.82) is 0 Å². The van der Waals surface area contributed by atoms with Crippen LogP contribution in [-0.2, 0) is 4.57 Å². The Bertz CT molecular complexity index is 839. The summed E-state index contributed by atoms with van der Waals surface area (Å²) in [6, 6.07) is 22.8. The Labute approximate surface area is 152 Å². The number of benzene rings is 3. The fourth-order valence-corrected chi connectivity index (χ4v) is 3.76. The molecule has 0 atom stereocenters. The van der Waals surface area contributed by atoms with E-state index >= 15 is 0 Å². The molecule has 0 bridgehead atoms. The fraction of sp³-hybridized carbons (Fsp3) is 0.0526. The van der Waals surface area contributed by atoms with Gasteiger partial charge in [-0.1, -0.05) is 36.4 Å². The van der Waals surface area contributed by atoms with E-state index in [2.05, 4.69) is 5.32 Å². The Morgan fingerprint density at radius 1 is 0.769 bits per heavy atom. The first-order chi connectivity index (χ1) is 12.5. The number of rotatable bonds is 7. The topological polar surface area (TPSA) is 99.6 Å². The third kappa shape index (κ3) is 4.94. The first kappa shape index (κ1) is 17.7. The lowest BCUT2D eigenvalue weighted by Gasteiger charge is -2.21. The van der Waals surface area contributed by atoms with E-state index in [0.717, 1.165) is 0 Å². The minimum Gasteiger partial charge on any atom is -0.415 e. The van der Waals surface area contributed by atoms with Crippen LogP contribution in [0.15, 0.2) is 78.9 Å². The van der Waals surface area contributed by atoms with Gasteiger partial charge in [-0.25, -0.2) is 4.57 Å². The summed E-state index contributed by atoms with van der Waals surface area (Å²) in [5.74, 6) is 0.918. The average Bonchev–Trinajstić information content (AvgIpc) is 2.61. The van der Waals surface area contributed by atoms with E-state index in [0.29, 0.717) is 28.6 Å². The number of para-hydroxylation sites is 2. The van der Waals surface area contributed by atoms with Crippen LogP contribution in [-0.4, -0.2) is 6.29 Å². The molecule has 5 N–H and O–H groups in total. The molecule has 0 saturated heterocycles. The van der Waals surface area contributed by atoms with Crippen LogP contribution in [0.1, 0.15) is 0 Å². The van der Waals surface area contributed by atoms with Gasteiger partial charge in [0.15, 0.2) is 0 Å². The second-order valence-corrected chi connectivity index (χ2v) is 7.55. The molecule has 0 radical (unpaired) electrons. The molecule has 3 aromatic carbocycles. The molecule has 0 heterocycles. The number of nitrogens with two attached hydrogens (primary N) is 2. The SMILES string of the molecule is Nc1cc(N)cc(NCP(=O)(Oc2ccccc2)Oc2ccccc2)c1. The lowest BCUT2D eigenvalue weighted by molar-refractivity contribution is 0.388. The molecule has 0 aliphatic rings. The van der Waals surface area contributed by atoms with Crippen LogP contribution in [0.2, 0.25) is 0 Å². The first-order valence-corrected chi connectivity index (χ1v) is 9.73. The molecule has 0 aromatic heterocycles. The molecule has 0 fully saturated rings. The van der Waals surface area contributed by atoms with Crippen molar-refractivity contribution in [3.05, 3.63) is 78.9 Å². The fourth-order valence-electron chi connectivity index (χ4n) is 2.33. The maximum atomic E-state index is 13.3. The van der Waals surface area contributed by atoms with Crippen LogP contribution in [0.5, 0.6) is 11.5 Å². The summed E-state index contributed by atoms with van der Waals surface area (Å²) in [5.41, 5.74) is 13.2. The van der Waals surface area contributed by atoms with Crippen molar-refractivity contribution in [1.82, 2.24) is 0 Å². The largest absolute Gasteiger partial charge is 0.449 e. The standard InChI is InChI=1S/C19H20N3O3P/c20-15-11-16(21)13-17(12-15)22-14-26(23,24-18-7-3-1-4-8-18)25-19-9-5-2-6-10-19/h1-13,22H,14,20-21H2. The molecule has 3 aromatic rings. The van der Waals surface area contributed by atoms with E-state index in [4.69, 9.17) is 20.5 Å². The third-order valence-electron chi connectivity index (χ3n) is 3.43. The molecule has 6 nitrogen and oxygen atoms in total. The summed E-state index contributed by atoms with van der Waals surface area (Å²) in [5, 5.41) is 3.03. The zero-order chi connectivity index (χ0) is 18.4. The highest BCUT2D eigenvalue weighted by Gasteiger charge is 2.28. The number of hydrogen-bond donors (Lipinski definition) is 3. The molecule has 3 rings (SSSR count).